The predicted molar refractivity (Wildman–Crippen MR) is 63.3 cm³/mol. The second kappa shape index (κ2) is 7.22. The Balaban J connectivity index is 1.98. The fourth-order valence-electron chi connectivity index (χ4n) is 1.92. The van der Waals surface area contributed by atoms with Crippen molar-refractivity contribution in [2.75, 3.05) is 26.4 Å². The van der Waals surface area contributed by atoms with Crippen molar-refractivity contribution in [3.63, 3.8) is 0 Å². The summed E-state index contributed by atoms with van der Waals surface area (Å²) in [6.07, 6.45) is 4.83. The minimum Gasteiger partial charge on any atom is -0.389 e. The lowest BCUT2D eigenvalue weighted by molar-refractivity contribution is -0.000224. The number of rotatable bonds is 8. The molecule has 2 atom stereocenters. The van der Waals surface area contributed by atoms with E-state index < -0.39 is 5.60 Å². The highest BCUT2D eigenvalue weighted by Crippen LogP contribution is 2.16. The van der Waals surface area contributed by atoms with Crippen LogP contribution in [0, 0.1) is 0 Å². The molecule has 0 aromatic carbocycles. The van der Waals surface area contributed by atoms with E-state index in [1.165, 1.54) is 0 Å². The van der Waals surface area contributed by atoms with Crippen LogP contribution in [0.2, 0.25) is 0 Å². The molecule has 4 nitrogen and oxygen atoms in total. The lowest BCUT2D eigenvalue weighted by atomic mass is 9.95. The Hall–Kier alpha value is -0.160. The Labute approximate surface area is 98.1 Å². The van der Waals surface area contributed by atoms with Gasteiger partial charge in [-0.05, 0) is 32.1 Å². The Kier molecular flexibility index (Phi) is 6.28. The van der Waals surface area contributed by atoms with Crippen LogP contribution in [0.3, 0.4) is 0 Å². The van der Waals surface area contributed by atoms with Crippen molar-refractivity contribution < 1.29 is 14.6 Å². The summed E-state index contributed by atoms with van der Waals surface area (Å²) < 4.78 is 11.0. The van der Waals surface area contributed by atoms with Gasteiger partial charge in [-0.1, -0.05) is 6.92 Å². The van der Waals surface area contributed by atoms with Crippen LogP contribution in [0.25, 0.3) is 0 Å². The van der Waals surface area contributed by atoms with Crippen molar-refractivity contribution in [1.29, 1.82) is 0 Å². The zero-order chi connectivity index (χ0) is 11.9. The molecule has 4 heteroatoms. The van der Waals surface area contributed by atoms with Crippen molar-refractivity contribution >= 4 is 0 Å². The van der Waals surface area contributed by atoms with E-state index in [-0.39, 0.29) is 0 Å². The van der Waals surface area contributed by atoms with Gasteiger partial charge in [0.2, 0.25) is 0 Å². The standard InChI is InChI=1S/C12H25NO3/c1-2-12(14,10-13)6-4-7-15-9-11-5-3-8-16-11/h11,14H,2-10,13H2,1H3. The smallest absolute Gasteiger partial charge is 0.0809 e. The molecule has 0 spiro atoms. The van der Waals surface area contributed by atoms with Gasteiger partial charge in [0.25, 0.3) is 0 Å². The Morgan fingerprint density at radius 3 is 2.94 bits per heavy atom. The van der Waals surface area contributed by atoms with E-state index in [0.29, 0.717) is 38.7 Å². The Bertz CT molecular complexity index is 177. The maximum absolute atomic E-state index is 9.93. The van der Waals surface area contributed by atoms with Gasteiger partial charge >= 0.3 is 0 Å². The van der Waals surface area contributed by atoms with Crippen LogP contribution in [-0.2, 0) is 9.47 Å². The topological polar surface area (TPSA) is 64.7 Å². The minimum atomic E-state index is -0.701. The SMILES string of the molecule is CCC(O)(CN)CCCOCC1CCCO1. The average Bonchev–Trinajstić information content (AvgIpc) is 2.81. The molecule has 0 aromatic rings. The molecule has 0 saturated carbocycles. The molecule has 0 amide bonds. The van der Waals surface area contributed by atoms with Crippen LogP contribution >= 0.6 is 0 Å². The maximum Gasteiger partial charge on any atom is 0.0809 e. The van der Waals surface area contributed by atoms with E-state index in [1.807, 2.05) is 6.92 Å². The van der Waals surface area contributed by atoms with Gasteiger partial charge in [0.15, 0.2) is 0 Å². The van der Waals surface area contributed by atoms with Gasteiger partial charge in [0, 0.05) is 19.8 Å². The predicted octanol–water partition coefficient (Wildman–Crippen LogP) is 1.06. The largest absolute Gasteiger partial charge is 0.389 e. The van der Waals surface area contributed by atoms with Crippen molar-refractivity contribution in [2.45, 2.75) is 50.7 Å². The number of nitrogens with two attached hydrogens (primary N) is 1. The molecule has 96 valence electrons. The van der Waals surface area contributed by atoms with E-state index in [0.717, 1.165) is 25.9 Å². The number of hydrogen-bond donors (Lipinski definition) is 2. The van der Waals surface area contributed by atoms with Crippen molar-refractivity contribution in [3.8, 4) is 0 Å². The minimum absolute atomic E-state index is 0.291. The molecule has 1 heterocycles. The van der Waals surface area contributed by atoms with E-state index in [1.54, 1.807) is 0 Å². The fourth-order valence-corrected chi connectivity index (χ4v) is 1.92. The molecular weight excluding hydrogens is 206 g/mol. The fraction of sp³-hybridized carbons (Fsp3) is 1.00. The summed E-state index contributed by atoms with van der Waals surface area (Å²) >= 11 is 0. The molecule has 0 bridgehead atoms. The van der Waals surface area contributed by atoms with Crippen LogP contribution < -0.4 is 5.73 Å². The quantitative estimate of drug-likeness (QED) is 0.613. The van der Waals surface area contributed by atoms with Crippen LogP contribution in [0.4, 0.5) is 0 Å². The monoisotopic (exact) mass is 231 g/mol. The second-order valence-corrected chi connectivity index (χ2v) is 4.60. The molecule has 2 unspecified atom stereocenters. The van der Waals surface area contributed by atoms with Crippen molar-refractivity contribution in [1.82, 2.24) is 0 Å². The molecule has 1 aliphatic rings. The van der Waals surface area contributed by atoms with Gasteiger partial charge in [-0.15, -0.1) is 0 Å². The van der Waals surface area contributed by atoms with Crippen molar-refractivity contribution in [3.05, 3.63) is 0 Å². The molecule has 0 aliphatic carbocycles. The average molecular weight is 231 g/mol. The first-order valence-electron chi connectivity index (χ1n) is 6.32. The molecule has 1 aliphatic heterocycles. The highest BCUT2D eigenvalue weighted by Gasteiger charge is 2.21. The van der Waals surface area contributed by atoms with E-state index in [4.69, 9.17) is 15.2 Å². The summed E-state index contributed by atoms with van der Waals surface area (Å²) in [5.74, 6) is 0. The van der Waals surface area contributed by atoms with Crippen LogP contribution in [-0.4, -0.2) is 43.2 Å². The highest BCUT2D eigenvalue weighted by atomic mass is 16.5. The van der Waals surface area contributed by atoms with Gasteiger partial charge < -0.3 is 20.3 Å². The third-order valence-corrected chi connectivity index (χ3v) is 3.30. The van der Waals surface area contributed by atoms with Gasteiger partial charge in [0.05, 0.1) is 18.3 Å². The first kappa shape index (κ1) is 13.9. The second-order valence-electron chi connectivity index (χ2n) is 4.60. The molecular formula is C12H25NO3. The highest BCUT2D eigenvalue weighted by molar-refractivity contribution is 4.77. The first-order valence-corrected chi connectivity index (χ1v) is 6.32. The zero-order valence-electron chi connectivity index (χ0n) is 10.3. The van der Waals surface area contributed by atoms with Gasteiger partial charge in [-0.25, -0.2) is 0 Å². The number of hydrogen-bond acceptors (Lipinski definition) is 4. The number of ether oxygens (including phenoxy) is 2. The lowest BCUT2D eigenvalue weighted by Crippen LogP contribution is -2.37. The van der Waals surface area contributed by atoms with Crippen LogP contribution in [0.5, 0.6) is 0 Å². The van der Waals surface area contributed by atoms with E-state index >= 15 is 0 Å². The maximum atomic E-state index is 9.93. The third-order valence-electron chi connectivity index (χ3n) is 3.30. The lowest BCUT2D eigenvalue weighted by Gasteiger charge is -2.24. The molecule has 1 rings (SSSR count). The molecule has 0 aromatic heterocycles. The van der Waals surface area contributed by atoms with E-state index in [9.17, 15) is 5.11 Å². The van der Waals surface area contributed by atoms with Gasteiger partial charge in [-0.2, -0.15) is 0 Å². The molecule has 0 radical (unpaired) electrons. The Morgan fingerprint density at radius 1 is 1.56 bits per heavy atom. The molecule has 1 saturated heterocycles. The summed E-state index contributed by atoms with van der Waals surface area (Å²) in [5, 5.41) is 9.93. The first-order chi connectivity index (χ1) is 7.70. The normalized spacial score (nSPS) is 24.6. The zero-order valence-corrected chi connectivity index (χ0v) is 10.3. The van der Waals surface area contributed by atoms with Gasteiger partial charge in [0.1, 0.15) is 0 Å². The summed E-state index contributed by atoms with van der Waals surface area (Å²) in [5.41, 5.74) is 4.82. The summed E-state index contributed by atoms with van der Waals surface area (Å²) in [6, 6.07) is 0. The summed E-state index contributed by atoms with van der Waals surface area (Å²) in [6.45, 7) is 4.53. The van der Waals surface area contributed by atoms with Gasteiger partial charge in [-0.3, -0.25) is 0 Å². The Morgan fingerprint density at radius 2 is 2.38 bits per heavy atom. The molecule has 16 heavy (non-hydrogen) atoms. The summed E-state index contributed by atoms with van der Waals surface area (Å²) in [7, 11) is 0. The molecule has 3 N–H and O–H groups in total. The number of aliphatic hydroxyl groups is 1. The molecule has 1 fully saturated rings. The third kappa shape index (κ3) is 4.78. The van der Waals surface area contributed by atoms with E-state index in [2.05, 4.69) is 0 Å². The summed E-state index contributed by atoms with van der Waals surface area (Å²) in [4.78, 5) is 0. The van der Waals surface area contributed by atoms with Crippen LogP contribution in [0.1, 0.15) is 39.0 Å². The van der Waals surface area contributed by atoms with Crippen LogP contribution in [0.15, 0.2) is 0 Å². The van der Waals surface area contributed by atoms with Crippen molar-refractivity contribution in [2.24, 2.45) is 5.73 Å².